The van der Waals surface area contributed by atoms with E-state index in [0.29, 0.717) is 11.8 Å². The first-order chi connectivity index (χ1) is 7.58. The van der Waals surface area contributed by atoms with Gasteiger partial charge in [-0.1, -0.05) is 27.2 Å². The van der Waals surface area contributed by atoms with Crippen LogP contribution in [0.1, 0.15) is 40.0 Å². The van der Waals surface area contributed by atoms with Gasteiger partial charge in [0.2, 0.25) is 5.91 Å². The van der Waals surface area contributed by atoms with Crippen LogP contribution in [-0.4, -0.2) is 30.1 Å². The fourth-order valence-corrected chi connectivity index (χ4v) is 3.05. The summed E-state index contributed by atoms with van der Waals surface area (Å²) >= 11 is 0. The van der Waals surface area contributed by atoms with E-state index in [4.69, 9.17) is 0 Å². The molecule has 2 rings (SSSR count). The summed E-state index contributed by atoms with van der Waals surface area (Å²) in [5, 5.41) is 3.32. The van der Waals surface area contributed by atoms with Gasteiger partial charge >= 0.3 is 0 Å². The summed E-state index contributed by atoms with van der Waals surface area (Å²) in [6.07, 6.45) is 3.95. The van der Waals surface area contributed by atoms with E-state index in [0.717, 1.165) is 25.0 Å². The van der Waals surface area contributed by atoms with Gasteiger partial charge in [-0.2, -0.15) is 0 Å². The minimum absolute atomic E-state index is 0.0545. The van der Waals surface area contributed by atoms with Crippen molar-refractivity contribution < 1.29 is 4.79 Å². The maximum atomic E-state index is 12.1. The summed E-state index contributed by atoms with van der Waals surface area (Å²) in [6, 6.07) is 0.0545. The number of hydrogen-bond donors (Lipinski definition) is 1. The average Bonchev–Trinajstić information content (AvgIpc) is 2.76. The molecule has 92 valence electrons. The maximum absolute atomic E-state index is 12.1. The average molecular weight is 224 g/mol. The second-order valence-corrected chi connectivity index (χ2v) is 5.93. The lowest BCUT2D eigenvalue weighted by Gasteiger charge is -2.20. The Kier molecular flexibility index (Phi) is 3.53. The predicted octanol–water partition coefficient (Wildman–Crippen LogP) is 1.84. The Bertz CT molecular complexity index is 265. The van der Waals surface area contributed by atoms with Crippen LogP contribution in [0.25, 0.3) is 0 Å². The van der Waals surface area contributed by atoms with Gasteiger partial charge < -0.3 is 4.90 Å². The molecule has 16 heavy (non-hydrogen) atoms. The van der Waals surface area contributed by atoms with Crippen molar-refractivity contribution in [1.82, 2.24) is 10.2 Å². The van der Waals surface area contributed by atoms with Crippen molar-refractivity contribution in [2.75, 3.05) is 13.2 Å². The zero-order valence-corrected chi connectivity index (χ0v) is 10.7. The van der Waals surface area contributed by atoms with E-state index in [1.165, 1.54) is 19.3 Å². The van der Waals surface area contributed by atoms with Gasteiger partial charge in [0, 0.05) is 6.54 Å². The molecule has 0 bridgehead atoms. The van der Waals surface area contributed by atoms with Crippen LogP contribution in [-0.2, 0) is 4.79 Å². The minimum Gasteiger partial charge on any atom is -0.328 e. The van der Waals surface area contributed by atoms with Crippen molar-refractivity contribution in [2.24, 2.45) is 17.8 Å². The summed E-state index contributed by atoms with van der Waals surface area (Å²) in [6.45, 7) is 8.26. The van der Waals surface area contributed by atoms with E-state index in [1.54, 1.807) is 0 Å². The lowest BCUT2D eigenvalue weighted by molar-refractivity contribution is -0.130. The molecule has 3 heteroatoms. The third kappa shape index (κ3) is 2.40. The van der Waals surface area contributed by atoms with Gasteiger partial charge in [0.25, 0.3) is 0 Å². The molecule has 2 aliphatic rings. The van der Waals surface area contributed by atoms with Gasteiger partial charge in [0.1, 0.15) is 0 Å². The Labute approximate surface area is 98.6 Å². The van der Waals surface area contributed by atoms with Crippen LogP contribution in [0.4, 0.5) is 0 Å². The number of hydrogen-bond acceptors (Lipinski definition) is 2. The Balaban J connectivity index is 1.85. The van der Waals surface area contributed by atoms with Crippen LogP contribution in [0.3, 0.4) is 0 Å². The van der Waals surface area contributed by atoms with E-state index < -0.39 is 0 Å². The molecule has 0 aromatic heterocycles. The molecular formula is C13H24N2O. The number of amides is 1. The molecule has 0 radical (unpaired) electrons. The van der Waals surface area contributed by atoms with Crippen molar-refractivity contribution in [3.63, 3.8) is 0 Å². The van der Waals surface area contributed by atoms with Crippen molar-refractivity contribution in [3.05, 3.63) is 0 Å². The largest absolute Gasteiger partial charge is 0.328 e. The molecule has 1 amide bonds. The number of nitrogens with one attached hydrogen (secondary N) is 1. The van der Waals surface area contributed by atoms with Gasteiger partial charge in [-0.05, 0) is 30.6 Å². The van der Waals surface area contributed by atoms with Crippen molar-refractivity contribution >= 4 is 5.91 Å². The molecule has 2 fully saturated rings. The molecule has 0 spiro atoms. The van der Waals surface area contributed by atoms with E-state index in [-0.39, 0.29) is 6.04 Å². The highest BCUT2D eigenvalue weighted by molar-refractivity contribution is 5.84. The van der Waals surface area contributed by atoms with E-state index in [1.807, 2.05) is 4.90 Å². The highest BCUT2D eigenvalue weighted by atomic mass is 16.2. The quantitative estimate of drug-likeness (QED) is 0.793. The molecule has 1 saturated carbocycles. The van der Waals surface area contributed by atoms with Crippen LogP contribution in [0.2, 0.25) is 0 Å². The lowest BCUT2D eigenvalue weighted by Crippen LogP contribution is -2.36. The van der Waals surface area contributed by atoms with Gasteiger partial charge in [-0.25, -0.2) is 0 Å². The van der Waals surface area contributed by atoms with Crippen LogP contribution >= 0.6 is 0 Å². The smallest absolute Gasteiger partial charge is 0.241 e. The predicted molar refractivity (Wildman–Crippen MR) is 64.8 cm³/mol. The zero-order valence-electron chi connectivity index (χ0n) is 10.7. The van der Waals surface area contributed by atoms with Crippen LogP contribution in [0.5, 0.6) is 0 Å². The topological polar surface area (TPSA) is 32.3 Å². The Morgan fingerprint density at radius 1 is 1.44 bits per heavy atom. The van der Waals surface area contributed by atoms with Crippen molar-refractivity contribution in [2.45, 2.75) is 46.1 Å². The molecule has 1 saturated heterocycles. The Hall–Kier alpha value is -0.570. The van der Waals surface area contributed by atoms with E-state index in [2.05, 4.69) is 26.1 Å². The molecule has 1 aliphatic heterocycles. The summed E-state index contributed by atoms with van der Waals surface area (Å²) in [5.41, 5.74) is 0. The molecule has 1 heterocycles. The van der Waals surface area contributed by atoms with Crippen LogP contribution < -0.4 is 5.32 Å². The molecule has 0 aromatic carbocycles. The first kappa shape index (κ1) is 11.9. The zero-order chi connectivity index (χ0) is 11.7. The Morgan fingerprint density at radius 2 is 2.19 bits per heavy atom. The summed E-state index contributed by atoms with van der Waals surface area (Å²) in [7, 11) is 0. The fourth-order valence-electron chi connectivity index (χ4n) is 3.05. The number of nitrogens with zero attached hydrogens (tertiary/aromatic N) is 1. The van der Waals surface area contributed by atoms with Gasteiger partial charge in [0.15, 0.2) is 0 Å². The first-order valence-corrected chi connectivity index (χ1v) is 6.60. The van der Waals surface area contributed by atoms with Crippen LogP contribution in [0.15, 0.2) is 0 Å². The molecule has 1 aliphatic carbocycles. The molecule has 3 unspecified atom stereocenters. The summed E-state index contributed by atoms with van der Waals surface area (Å²) in [5.74, 6) is 2.32. The molecular weight excluding hydrogens is 200 g/mol. The molecule has 3 nitrogen and oxygen atoms in total. The molecule has 3 atom stereocenters. The van der Waals surface area contributed by atoms with E-state index >= 15 is 0 Å². The van der Waals surface area contributed by atoms with Crippen LogP contribution in [0, 0.1) is 17.8 Å². The second-order valence-electron chi connectivity index (χ2n) is 5.93. The normalized spacial score (nSPS) is 35.4. The Morgan fingerprint density at radius 3 is 2.69 bits per heavy atom. The third-order valence-corrected chi connectivity index (χ3v) is 4.03. The van der Waals surface area contributed by atoms with Crippen molar-refractivity contribution in [1.29, 1.82) is 0 Å². The minimum atomic E-state index is 0.0545. The summed E-state index contributed by atoms with van der Waals surface area (Å²) in [4.78, 5) is 14.1. The monoisotopic (exact) mass is 224 g/mol. The summed E-state index contributed by atoms with van der Waals surface area (Å²) < 4.78 is 0. The second kappa shape index (κ2) is 4.74. The standard InChI is InChI=1S/C13H24N2O/c1-9(2)12-13(16)15(8-14-12)7-11-5-4-10(3)6-11/h9-12,14H,4-8H2,1-3H3. The number of carbonyl (C=O) groups excluding carboxylic acids is 1. The highest BCUT2D eigenvalue weighted by Gasteiger charge is 2.35. The third-order valence-electron chi connectivity index (χ3n) is 4.03. The van der Waals surface area contributed by atoms with E-state index in [9.17, 15) is 4.79 Å². The molecule has 0 aromatic rings. The van der Waals surface area contributed by atoms with Gasteiger partial charge in [0.05, 0.1) is 12.7 Å². The SMILES string of the molecule is CC1CCC(CN2CNC(C(C)C)C2=O)C1. The number of carbonyl (C=O) groups is 1. The number of rotatable bonds is 3. The maximum Gasteiger partial charge on any atom is 0.241 e. The van der Waals surface area contributed by atoms with Gasteiger partial charge in [-0.15, -0.1) is 0 Å². The van der Waals surface area contributed by atoms with Crippen molar-refractivity contribution in [3.8, 4) is 0 Å². The van der Waals surface area contributed by atoms with Gasteiger partial charge in [-0.3, -0.25) is 10.1 Å². The first-order valence-electron chi connectivity index (χ1n) is 6.60. The lowest BCUT2D eigenvalue weighted by atomic mass is 10.0. The fraction of sp³-hybridized carbons (Fsp3) is 0.923. The highest BCUT2D eigenvalue weighted by Crippen LogP contribution is 2.31. The molecule has 1 N–H and O–H groups in total.